The van der Waals surface area contributed by atoms with E-state index in [0.717, 1.165) is 24.1 Å². The summed E-state index contributed by atoms with van der Waals surface area (Å²) in [6.45, 7) is 6.58. The fraction of sp³-hybridized carbons (Fsp3) is 0.471. The Morgan fingerprint density at radius 3 is 2.45 bits per heavy atom. The summed E-state index contributed by atoms with van der Waals surface area (Å²) in [7, 11) is 0. The highest BCUT2D eigenvalue weighted by Crippen LogP contribution is 2.65. The first-order valence-electron chi connectivity index (χ1n) is 7.13. The van der Waals surface area contributed by atoms with E-state index >= 15 is 0 Å². The summed E-state index contributed by atoms with van der Waals surface area (Å²) < 4.78 is 0. The molecule has 3 rings (SSSR count). The van der Waals surface area contributed by atoms with Crippen molar-refractivity contribution in [3.63, 3.8) is 0 Å². The van der Waals surface area contributed by atoms with Gasteiger partial charge in [-0.3, -0.25) is 4.79 Å². The predicted octanol–water partition coefficient (Wildman–Crippen LogP) is 4.66. The number of hydrogen-bond acceptors (Lipinski definition) is 2. The molecule has 2 nitrogen and oxygen atoms in total. The number of ketones is 1. The first-order valence-corrected chi connectivity index (χ1v) is 7.51. The smallest absolute Gasteiger partial charge is 0.167 e. The van der Waals surface area contributed by atoms with Crippen LogP contribution < -0.4 is 5.32 Å². The van der Waals surface area contributed by atoms with Crippen LogP contribution in [0, 0.1) is 16.7 Å². The fourth-order valence-electron chi connectivity index (χ4n) is 3.80. The van der Waals surface area contributed by atoms with Crippen LogP contribution >= 0.6 is 11.6 Å². The SMILES string of the molecule is CC1(C)[C@H]2CC[C@]1(C)C(=O)/C2=C\Nc1ccc(Cl)cc1. The molecule has 0 saturated heterocycles. The normalized spacial score (nSPS) is 32.9. The number of nitrogens with one attached hydrogen (secondary N) is 1. The molecule has 2 bridgehead atoms. The number of benzene rings is 1. The zero-order valence-corrected chi connectivity index (χ0v) is 12.9. The predicted molar refractivity (Wildman–Crippen MR) is 82.8 cm³/mol. The highest BCUT2D eigenvalue weighted by molar-refractivity contribution is 6.30. The van der Waals surface area contributed by atoms with Crippen LogP contribution in [0.4, 0.5) is 5.69 Å². The lowest BCUT2D eigenvalue weighted by Crippen LogP contribution is -2.32. The molecule has 106 valence electrons. The summed E-state index contributed by atoms with van der Waals surface area (Å²) in [5, 5.41) is 3.96. The molecule has 1 N–H and O–H groups in total. The monoisotopic (exact) mass is 289 g/mol. The molecule has 0 amide bonds. The van der Waals surface area contributed by atoms with E-state index in [4.69, 9.17) is 11.6 Å². The summed E-state index contributed by atoms with van der Waals surface area (Å²) in [5.74, 6) is 0.694. The Hall–Kier alpha value is -1.28. The van der Waals surface area contributed by atoms with Crippen molar-refractivity contribution in [3.8, 4) is 0 Å². The van der Waals surface area contributed by atoms with Gasteiger partial charge in [0.05, 0.1) is 0 Å². The molecule has 2 atom stereocenters. The minimum absolute atomic E-state index is 0.0671. The van der Waals surface area contributed by atoms with Gasteiger partial charge in [-0.05, 0) is 48.4 Å². The third kappa shape index (κ3) is 1.74. The topological polar surface area (TPSA) is 29.1 Å². The molecule has 0 aromatic heterocycles. The van der Waals surface area contributed by atoms with Gasteiger partial charge in [0.25, 0.3) is 0 Å². The molecule has 2 saturated carbocycles. The van der Waals surface area contributed by atoms with Crippen LogP contribution in [-0.2, 0) is 4.79 Å². The number of hydrogen-bond donors (Lipinski definition) is 1. The zero-order chi connectivity index (χ0) is 14.5. The quantitative estimate of drug-likeness (QED) is 0.802. The molecule has 1 aromatic rings. The van der Waals surface area contributed by atoms with Crippen LogP contribution in [0.25, 0.3) is 0 Å². The highest BCUT2D eigenvalue weighted by Gasteiger charge is 2.63. The van der Waals surface area contributed by atoms with Gasteiger partial charge in [-0.15, -0.1) is 0 Å². The molecule has 2 aliphatic rings. The maximum absolute atomic E-state index is 12.7. The zero-order valence-electron chi connectivity index (χ0n) is 12.2. The van der Waals surface area contributed by atoms with Gasteiger partial charge in [0.2, 0.25) is 0 Å². The average molecular weight is 290 g/mol. The van der Waals surface area contributed by atoms with Gasteiger partial charge < -0.3 is 5.32 Å². The van der Waals surface area contributed by atoms with Crippen LogP contribution in [0.15, 0.2) is 36.0 Å². The summed E-state index contributed by atoms with van der Waals surface area (Å²) in [6.07, 6.45) is 4.04. The third-order valence-corrected chi connectivity index (χ3v) is 5.86. The van der Waals surface area contributed by atoms with Crippen molar-refractivity contribution in [1.29, 1.82) is 0 Å². The number of carbonyl (C=O) groups is 1. The van der Waals surface area contributed by atoms with E-state index in [2.05, 4.69) is 26.1 Å². The minimum atomic E-state index is -0.189. The van der Waals surface area contributed by atoms with Crippen LogP contribution in [-0.4, -0.2) is 5.78 Å². The fourth-order valence-corrected chi connectivity index (χ4v) is 3.93. The second-order valence-corrected chi connectivity index (χ2v) is 7.16. The van der Waals surface area contributed by atoms with Gasteiger partial charge >= 0.3 is 0 Å². The Bertz CT molecular complexity index is 588. The molecule has 3 heteroatoms. The second-order valence-electron chi connectivity index (χ2n) is 6.73. The molecule has 20 heavy (non-hydrogen) atoms. The van der Waals surface area contributed by atoms with Crippen LogP contribution in [0.5, 0.6) is 0 Å². The van der Waals surface area contributed by atoms with Crippen molar-refractivity contribution in [2.24, 2.45) is 16.7 Å². The van der Waals surface area contributed by atoms with Crippen molar-refractivity contribution < 1.29 is 4.79 Å². The van der Waals surface area contributed by atoms with Crippen LogP contribution in [0.2, 0.25) is 5.02 Å². The van der Waals surface area contributed by atoms with Crippen molar-refractivity contribution in [1.82, 2.24) is 0 Å². The average Bonchev–Trinajstić information content (AvgIpc) is 2.71. The van der Waals surface area contributed by atoms with E-state index in [0.29, 0.717) is 16.7 Å². The molecule has 2 fully saturated rings. The molecule has 0 radical (unpaired) electrons. The number of carbonyl (C=O) groups excluding carboxylic acids is 1. The highest BCUT2D eigenvalue weighted by atomic mass is 35.5. The van der Waals surface area contributed by atoms with Crippen LogP contribution in [0.1, 0.15) is 33.6 Å². The van der Waals surface area contributed by atoms with Crippen LogP contribution in [0.3, 0.4) is 0 Å². The van der Waals surface area contributed by atoms with E-state index in [1.165, 1.54) is 0 Å². The largest absolute Gasteiger partial charge is 0.361 e. The van der Waals surface area contributed by atoms with Crippen molar-refractivity contribution in [3.05, 3.63) is 41.1 Å². The molecule has 0 spiro atoms. The number of anilines is 1. The number of fused-ring (bicyclic) bond motifs is 2. The first-order chi connectivity index (χ1) is 9.36. The summed E-state index contributed by atoms with van der Waals surface area (Å²) in [6, 6.07) is 7.53. The maximum atomic E-state index is 12.7. The Morgan fingerprint density at radius 2 is 1.90 bits per heavy atom. The molecule has 2 aliphatic carbocycles. The molecule has 0 unspecified atom stereocenters. The lowest BCUT2D eigenvalue weighted by molar-refractivity contribution is -0.125. The Labute approximate surface area is 125 Å². The molecule has 1 aromatic carbocycles. The van der Waals surface area contributed by atoms with Gasteiger partial charge in [-0.1, -0.05) is 32.4 Å². The Kier molecular flexibility index (Phi) is 2.98. The van der Waals surface area contributed by atoms with Gasteiger partial charge in [-0.2, -0.15) is 0 Å². The Balaban J connectivity index is 1.87. The summed E-state index contributed by atoms with van der Waals surface area (Å²) in [4.78, 5) is 12.7. The van der Waals surface area contributed by atoms with E-state index in [-0.39, 0.29) is 10.8 Å². The van der Waals surface area contributed by atoms with E-state index < -0.39 is 0 Å². The summed E-state index contributed by atoms with van der Waals surface area (Å²) >= 11 is 5.87. The van der Waals surface area contributed by atoms with Crippen molar-refractivity contribution in [2.45, 2.75) is 33.6 Å². The standard InChI is InChI=1S/C17H20ClNO/c1-16(2)14-8-9-17(16,3)15(20)13(14)10-19-12-6-4-11(18)5-7-12/h4-7,10,14,19H,8-9H2,1-3H3/b13-10-/t14-,17+/m0/s1. The number of halogens is 1. The van der Waals surface area contributed by atoms with Crippen molar-refractivity contribution in [2.75, 3.05) is 5.32 Å². The summed E-state index contributed by atoms with van der Waals surface area (Å²) in [5.41, 5.74) is 1.79. The third-order valence-electron chi connectivity index (χ3n) is 5.60. The molecule has 0 aliphatic heterocycles. The lowest BCUT2D eigenvalue weighted by atomic mass is 9.70. The first kappa shape index (κ1) is 13.7. The molecular formula is C17H20ClNO. The number of allylic oxidation sites excluding steroid dienone is 1. The number of Topliss-reactive ketones (excluding diaryl/α,β-unsaturated/α-hetero) is 1. The maximum Gasteiger partial charge on any atom is 0.167 e. The molecular weight excluding hydrogens is 270 g/mol. The van der Waals surface area contributed by atoms with E-state index in [9.17, 15) is 4.79 Å². The van der Waals surface area contributed by atoms with Gasteiger partial charge in [0, 0.05) is 27.9 Å². The number of rotatable bonds is 2. The second kappa shape index (κ2) is 4.36. The van der Waals surface area contributed by atoms with E-state index in [1.54, 1.807) is 0 Å². The molecule has 0 heterocycles. The van der Waals surface area contributed by atoms with Crippen molar-refractivity contribution >= 4 is 23.1 Å². The van der Waals surface area contributed by atoms with Gasteiger partial charge in [0.15, 0.2) is 5.78 Å². The lowest BCUT2D eigenvalue weighted by Gasteiger charge is -2.31. The van der Waals surface area contributed by atoms with Gasteiger partial charge in [0.1, 0.15) is 0 Å². The minimum Gasteiger partial charge on any atom is -0.361 e. The Morgan fingerprint density at radius 1 is 1.25 bits per heavy atom. The van der Waals surface area contributed by atoms with E-state index in [1.807, 2.05) is 30.5 Å². The van der Waals surface area contributed by atoms with Gasteiger partial charge in [-0.25, -0.2) is 0 Å².